The molecule has 0 bridgehead atoms. The number of nitrogens with zero attached hydrogens (tertiary/aromatic N) is 4. The van der Waals surface area contributed by atoms with Crippen LogP contribution in [0.1, 0.15) is 5.56 Å². The standard InChI is InChI=1S/C10H11N3.C8H8ClN3.BrH.H3P/c1-3-7-5-4-6-8-9(7)13(2)10(11)12-8;1-12-7-5(9)3-2-4-6(7)11-8(12)10;;/h3-6H,1H2,2H3,(H2,11,12);2-4H,1H3,(H2,10,11);1H;1H3. The molecule has 4 N–H and O–H groups in total. The predicted octanol–water partition coefficient (Wildman–Crippen LogP) is 4.24. The van der Waals surface area contributed by atoms with Gasteiger partial charge < -0.3 is 20.6 Å². The molecule has 1 atom stereocenters. The van der Waals surface area contributed by atoms with Gasteiger partial charge in [0.25, 0.3) is 0 Å². The highest BCUT2D eigenvalue weighted by molar-refractivity contribution is 8.93. The molecule has 144 valence electrons. The van der Waals surface area contributed by atoms with Gasteiger partial charge >= 0.3 is 0 Å². The van der Waals surface area contributed by atoms with E-state index in [4.69, 9.17) is 23.1 Å². The summed E-state index contributed by atoms with van der Waals surface area (Å²) in [6, 6.07) is 11.5. The van der Waals surface area contributed by atoms with Gasteiger partial charge in [-0.15, -0.1) is 17.0 Å². The van der Waals surface area contributed by atoms with Crippen LogP contribution in [0.4, 0.5) is 11.9 Å². The molecular weight excluding hydrogens is 447 g/mol. The Bertz CT molecular complexity index is 1090. The topological polar surface area (TPSA) is 87.7 Å². The Balaban J connectivity index is 0.000000252. The van der Waals surface area contributed by atoms with Gasteiger partial charge in [0.1, 0.15) is 0 Å². The van der Waals surface area contributed by atoms with Crippen LogP contribution >= 0.6 is 38.5 Å². The molecule has 0 spiro atoms. The monoisotopic (exact) mass is 468 g/mol. The van der Waals surface area contributed by atoms with Crippen LogP contribution in [0, 0.1) is 0 Å². The first-order valence-corrected chi connectivity index (χ1v) is 8.01. The van der Waals surface area contributed by atoms with E-state index in [9.17, 15) is 0 Å². The zero-order valence-electron chi connectivity index (χ0n) is 15.2. The van der Waals surface area contributed by atoms with Gasteiger partial charge in [-0.05, 0) is 23.8 Å². The minimum Gasteiger partial charge on any atom is -0.369 e. The van der Waals surface area contributed by atoms with Crippen molar-refractivity contribution in [1.29, 1.82) is 0 Å². The molecule has 2 heterocycles. The van der Waals surface area contributed by atoms with Crippen LogP contribution in [0.3, 0.4) is 0 Å². The number of nitrogen functional groups attached to an aromatic ring is 2. The summed E-state index contributed by atoms with van der Waals surface area (Å²) in [5.74, 6) is 1.02. The van der Waals surface area contributed by atoms with Crippen LogP contribution in [0.2, 0.25) is 5.02 Å². The van der Waals surface area contributed by atoms with E-state index in [-0.39, 0.29) is 26.9 Å². The largest absolute Gasteiger partial charge is 0.369 e. The van der Waals surface area contributed by atoms with E-state index < -0.39 is 0 Å². The summed E-state index contributed by atoms with van der Waals surface area (Å²) in [6.45, 7) is 3.75. The lowest BCUT2D eigenvalue weighted by Crippen LogP contribution is -1.96. The number of nitrogens with two attached hydrogens (primary N) is 2. The zero-order valence-corrected chi connectivity index (χ0v) is 19.1. The fraction of sp³-hybridized carbons (Fsp3) is 0.111. The summed E-state index contributed by atoms with van der Waals surface area (Å²) in [7, 11) is 3.74. The summed E-state index contributed by atoms with van der Waals surface area (Å²) in [6.07, 6.45) is 1.81. The SMILES string of the molecule is Br.C=Cc1cccc2nc(N)n(C)c12.Cn1c(N)nc2cccc(Cl)c21.P. The van der Waals surface area contributed by atoms with Crippen molar-refractivity contribution in [3.63, 3.8) is 0 Å². The van der Waals surface area contributed by atoms with Gasteiger partial charge in [0.05, 0.1) is 27.1 Å². The first kappa shape index (κ1) is 23.0. The molecule has 0 radical (unpaired) electrons. The maximum atomic E-state index is 5.96. The van der Waals surface area contributed by atoms with E-state index in [1.807, 2.05) is 61.1 Å². The van der Waals surface area contributed by atoms with Crippen molar-refractivity contribution in [2.24, 2.45) is 14.1 Å². The van der Waals surface area contributed by atoms with Crippen LogP contribution in [-0.2, 0) is 14.1 Å². The summed E-state index contributed by atoms with van der Waals surface area (Å²) in [4.78, 5) is 8.34. The Hall–Kier alpha value is -2.08. The van der Waals surface area contributed by atoms with Gasteiger partial charge in [-0.1, -0.05) is 42.5 Å². The molecular formula is C18H23BrClN6P. The Labute approximate surface area is 176 Å². The molecule has 9 heteroatoms. The molecule has 2 aromatic carbocycles. The number of hydrogen-bond donors (Lipinski definition) is 2. The van der Waals surface area contributed by atoms with Crippen molar-refractivity contribution >= 4 is 78.5 Å². The van der Waals surface area contributed by atoms with E-state index >= 15 is 0 Å². The third-order valence-electron chi connectivity index (χ3n) is 4.06. The molecule has 4 aromatic rings. The first-order chi connectivity index (χ1) is 11.9. The fourth-order valence-corrected chi connectivity index (χ4v) is 3.02. The van der Waals surface area contributed by atoms with Crippen LogP contribution in [0.15, 0.2) is 43.0 Å². The number of anilines is 2. The van der Waals surface area contributed by atoms with E-state index in [2.05, 4.69) is 16.5 Å². The summed E-state index contributed by atoms with van der Waals surface area (Å²) >= 11 is 5.96. The van der Waals surface area contributed by atoms with Crippen LogP contribution in [0.5, 0.6) is 0 Å². The average molecular weight is 470 g/mol. The second kappa shape index (κ2) is 9.22. The van der Waals surface area contributed by atoms with Crippen molar-refractivity contribution in [3.05, 3.63) is 53.6 Å². The molecule has 0 fully saturated rings. The number of benzene rings is 2. The number of aromatic nitrogens is 4. The minimum atomic E-state index is 0. The lowest BCUT2D eigenvalue weighted by atomic mass is 10.2. The maximum absolute atomic E-state index is 5.96. The predicted molar refractivity (Wildman–Crippen MR) is 127 cm³/mol. The Morgan fingerprint density at radius 1 is 0.926 bits per heavy atom. The van der Waals surface area contributed by atoms with Gasteiger partial charge in [-0.25, -0.2) is 9.97 Å². The number of para-hydroxylation sites is 2. The van der Waals surface area contributed by atoms with Gasteiger partial charge in [0.15, 0.2) is 0 Å². The minimum absolute atomic E-state index is 0. The van der Waals surface area contributed by atoms with Crippen LogP contribution < -0.4 is 11.5 Å². The van der Waals surface area contributed by atoms with E-state index in [0.29, 0.717) is 16.9 Å². The molecule has 2 aromatic heterocycles. The number of fused-ring (bicyclic) bond motifs is 2. The number of hydrogen-bond acceptors (Lipinski definition) is 4. The normalized spacial score (nSPS) is 9.89. The van der Waals surface area contributed by atoms with Crippen molar-refractivity contribution < 1.29 is 0 Å². The number of aryl methyl sites for hydroxylation is 2. The highest BCUT2D eigenvalue weighted by Gasteiger charge is 2.07. The quantitative estimate of drug-likeness (QED) is 0.408. The van der Waals surface area contributed by atoms with Crippen molar-refractivity contribution in [1.82, 2.24) is 19.1 Å². The Kier molecular flexibility index (Phi) is 7.84. The van der Waals surface area contributed by atoms with Gasteiger partial charge in [-0.3, -0.25) is 0 Å². The molecule has 0 saturated heterocycles. The first-order valence-electron chi connectivity index (χ1n) is 7.63. The Morgan fingerprint density at radius 2 is 1.41 bits per heavy atom. The summed E-state index contributed by atoms with van der Waals surface area (Å²) in [5, 5.41) is 0.680. The zero-order chi connectivity index (χ0) is 18.1. The van der Waals surface area contributed by atoms with Crippen molar-refractivity contribution in [2.75, 3.05) is 11.5 Å². The lowest BCUT2D eigenvalue weighted by molar-refractivity contribution is 0.964. The van der Waals surface area contributed by atoms with Gasteiger partial charge in [-0.2, -0.15) is 9.90 Å². The molecule has 0 aliphatic carbocycles. The van der Waals surface area contributed by atoms with Crippen LogP contribution in [-0.4, -0.2) is 19.1 Å². The smallest absolute Gasteiger partial charge is 0.200 e. The second-order valence-corrected chi connectivity index (χ2v) is 5.99. The van der Waals surface area contributed by atoms with E-state index in [0.717, 1.165) is 27.6 Å². The number of rotatable bonds is 1. The molecule has 1 unspecified atom stereocenters. The number of halogens is 2. The fourth-order valence-electron chi connectivity index (χ4n) is 2.72. The molecule has 0 aliphatic rings. The average Bonchev–Trinajstić information content (AvgIpc) is 3.05. The lowest BCUT2D eigenvalue weighted by Gasteiger charge is -1.99. The van der Waals surface area contributed by atoms with E-state index in [1.54, 1.807) is 4.57 Å². The van der Waals surface area contributed by atoms with Crippen LogP contribution in [0.25, 0.3) is 28.1 Å². The molecule has 6 nitrogen and oxygen atoms in total. The highest BCUT2D eigenvalue weighted by atomic mass is 79.9. The van der Waals surface area contributed by atoms with Gasteiger partial charge in [0, 0.05) is 14.1 Å². The molecule has 0 amide bonds. The maximum Gasteiger partial charge on any atom is 0.200 e. The highest BCUT2D eigenvalue weighted by Crippen LogP contribution is 2.24. The molecule has 0 aliphatic heterocycles. The summed E-state index contributed by atoms with van der Waals surface area (Å²) in [5.41, 5.74) is 16.0. The number of imidazole rings is 2. The van der Waals surface area contributed by atoms with Crippen molar-refractivity contribution in [2.45, 2.75) is 0 Å². The van der Waals surface area contributed by atoms with E-state index in [1.165, 1.54) is 0 Å². The molecule has 0 saturated carbocycles. The van der Waals surface area contributed by atoms with Crippen molar-refractivity contribution in [3.8, 4) is 0 Å². The van der Waals surface area contributed by atoms with Gasteiger partial charge in [0.2, 0.25) is 11.9 Å². The summed E-state index contributed by atoms with van der Waals surface area (Å²) < 4.78 is 3.64. The third kappa shape index (κ3) is 4.26. The molecule has 4 rings (SSSR count). The third-order valence-corrected chi connectivity index (χ3v) is 4.36. The molecule has 27 heavy (non-hydrogen) atoms. The Morgan fingerprint density at radius 3 is 1.93 bits per heavy atom. The second-order valence-electron chi connectivity index (χ2n) is 5.58.